The molecule has 2 aromatic rings. The fraction of sp³-hybridized carbons (Fsp3) is 0.318. The Bertz CT molecular complexity index is 902. The summed E-state index contributed by atoms with van der Waals surface area (Å²) in [6.45, 7) is 6.94. The van der Waals surface area contributed by atoms with Crippen molar-refractivity contribution >= 4 is 17.4 Å². The van der Waals surface area contributed by atoms with E-state index in [0.29, 0.717) is 37.1 Å². The van der Waals surface area contributed by atoms with Crippen LogP contribution in [-0.2, 0) is 6.54 Å². The number of carbonyl (C=O) groups excluding carboxylic acids is 2. The number of ketones is 1. The van der Waals surface area contributed by atoms with Gasteiger partial charge in [0.2, 0.25) is 0 Å². The summed E-state index contributed by atoms with van der Waals surface area (Å²) >= 11 is 0. The first-order chi connectivity index (χ1) is 13.0. The van der Waals surface area contributed by atoms with Gasteiger partial charge in [0.15, 0.2) is 5.78 Å². The number of aryl methyl sites for hydroxylation is 1. The number of rotatable bonds is 5. The van der Waals surface area contributed by atoms with E-state index in [2.05, 4.69) is 12.2 Å². The molecule has 0 aromatic heterocycles. The second-order valence-electron chi connectivity index (χ2n) is 7.20. The molecule has 1 heterocycles. The molecule has 4 rings (SSSR count). The van der Waals surface area contributed by atoms with Gasteiger partial charge in [-0.15, -0.1) is 0 Å². The highest BCUT2D eigenvalue weighted by Gasteiger charge is 2.27. The van der Waals surface area contributed by atoms with E-state index in [4.69, 9.17) is 4.74 Å². The minimum atomic E-state index is -0.0476. The van der Waals surface area contributed by atoms with Gasteiger partial charge in [0.25, 0.3) is 5.91 Å². The molecule has 1 radical (unpaired) electrons. The lowest BCUT2D eigenvalue weighted by Gasteiger charge is -2.31. The molecule has 0 bridgehead atoms. The van der Waals surface area contributed by atoms with Crippen LogP contribution in [-0.4, -0.2) is 30.9 Å². The van der Waals surface area contributed by atoms with Crippen molar-refractivity contribution in [3.63, 3.8) is 0 Å². The summed E-state index contributed by atoms with van der Waals surface area (Å²) in [5.74, 6) is 0.742. The lowest BCUT2D eigenvalue weighted by Crippen LogP contribution is -2.35. The van der Waals surface area contributed by atoms with E-state index in [0.717, 1.165) is 35.2 Å². The Hall–Kier alpha value is -2.82. The second-order valence-corrected chi connectivity index (χ2v) is 7.20. The maximum Gasteiger partial charge on any atom is 0.251 e. The molecule has 1 amide bonds. The van der Waals surface area contributed by atoms with Crippen LogP contribution in [0.15, 0.2) is 36.4 Å². The Morgan fingerprint density at radius 1 is 1.22 bits per heavy atom. The number of ether oxygens (including phenoxy) is 1. The first-order valence-electron chi connectivity index (χ1n) is 9.30. The molecule has 1 aliphatic carbocycles. The molecule has 0 unspecified atom stereocenters. The predicted molar refractivity (Wildman–Crippen MR) is 104 cm³/mol. The fourth-order valence-corrected chi connectivity index (χ4v) is 3.46. The molecule has 1 aliphatic heterocycles. The molecule has 5 heteroatoms. The highest BCUT2D eigenvalue weighted by molar-refractivity contribution is 6.02. The van der Waals surface area contributed by atoms with Crippen molar-refractivity contribution in [1.29, 1.82) is 0 Å². The average molecular weight is 363 g/mol. The molecule has 27 heavy (non-hydrogen) atoms. The first-order valence-corrected chi connectivity index (χ1v) is 9.30. The summed E-state index contributed by atoms with van der Waals surface area (Å²) in [5.41, 5.74) is 4.27. The third kappa shape index (κ3) is 3.68. The lowest BCUT2D eigenvalue weighted by atomic mass is 9.97. The largest absolute Gasteiger partial charge is 0.494 e. The maximum atomic E-state index is 12.6. The van der Waals surface area contributed by atoms with Gasteiger partial charge in [-0.3, -0.25) is 9.59 Å². The molecule has 0 atom stereocenters. The molecule has 0 spiro atoms. The number of carbonyl (C=O) groups is 2. The zero-order valence-corrected chi connectivity index (χ0v) is 15.5. The van der Waals surface area contributed by atoms with Crippen molar-refractivity contribution in [2.45, 2.75) is 32.4 Å². The minimum Gasteiger partial charge on any atom is -0.494 e. The molecule has 1 fully saturated rings. The van der Waals surface area contributed by atoms with Gasteiger partial charge in [0.05, 0.1) is 13.2 Å². The molecule has 0 saturated heterocycles. The number of hydrogen-bond acceptors (Lipinski definition) is 4. The van der Waals surface area contributed by atoms with Crippen molar-refractivity contribution in [1.82, 2.24) is 5.32 Å². The number of anilines is 1. The summed E-state index contributed by atoms with van der Waals surface area (Å²) in [7, 11) is 0. The fourth-order valence-electron chi connectivity index (χ4n) is 3.46. The van der Waals surface area contributed by atoms with Crippen LogP contribution in [0.5, 0.6) is 5.75 Å². The number of benzene rings is 2. The molecular formula is C22H23N2O3. The normalized spacial score (nSPS) is 16.1. The highest BCUT2D eigenvalue weighted by Crippen LogP contribution is 2.30. The number of hydrogen-bond donors (Lipinski definition) is 1. The molecule has 1 saturated carbocycles. The minimum absolute atomic E-state index is 0.0476. The standard InChI is InChI=1S/C22H23N2O3/c1-3-27-18-8-9-19-16(10-18)12-24(13-21(19)25)20-11-15(5-4-14(20)2)22(26)23-17-6-7-17/h4-5,8-11,17H,1,3,6-7,12-13H2,2H3,(H,23,26). The predicted octanol–water partition coefficient (Wildman–Crippen LogP) is 3.30. The Balaban J connectivity index is 1.62. The zero-order chi connectivity index (χ0) is 19.0. The maximum absolute atomic E-state index is 12.6. The van der Waals surface area contributed by atoms with Crippen LogP contribution in [0.25, 0.3) is 0 Å². The zero-order valence-electron chi connectivity index (χ0n) is 15.5. The van der Waals surface area contributed by atoms with Crippen LogP contribution in [0.1, 0.15) is 44.7 Å². The highest BCUT2D eigenvalue weighted by atomic mass is 16.5. The van der Waals surface area contributed by atoms with E-state index in [9.17, 15) is 9.59 Å². The van der Waals surface area contributed by atoms with Crippen LogP contribution in [0.2, 0.25) is 0 Å². The topological polar surface area (TPSA) is 58.6 Å². The Labute approximate surface area is 159 Å². The lowest BCUT2D eigenvalue weighted by molar-refractivity contribution is 0.0950. The van der Waals surface area contributed by atoms with Gasteiger partial charge in [-0.1, -0.05) is 6.07 Å². The summed E-state index contributed by atoms with van der Waals surface area (Å²) in [6.07, 6.45) is 2.11. The number of nitrogens with zero attached hydrogens (tertiary/aromatic N) is 1. The molecular weight excluding hydrogens is 340 g/mol. The van der Waals surface area contributed by atoms with Crippen molar-refractivity contribution in [2.75, 3.05) is 18.1 Å². The number of amides is 1. The Morgan fingerprint density at radius 2 is 2.04 bits per heavy atom. The summed E-state index contributed by atoms with van der Waals surface area (Å²) in [6, 6.07) is 11.5. The van der Waals surface area contributed by atoms with Crippen molar-refractivity contribution in [3.8, 4) is 5.75 Å². The van der Waals surface area contributed by atoms with E-state index < -0.39 is 0 Å². The van der Waals surface area contributed by atoms with Crippen molar-refractivity contribution < 1.29 is 14.3 Å². The van der Waals surface area contributed by atoms with Gasteiger partial charge in [0.1, 0.15) is 5.75 Å². The summed E-state index contributed by atoms with van der Waals surface area (Å²) in [5, 5.41) is 3.02. The van der Waals surface area contributed by atoms with Crippen LogP contribution < -0.4 is 15.0 Å². The Kier molecular flexibility index (Phi) is 4.60. The van der Waals surface area contributed by atoms with E-state index in [-0.39, 0.29) is 11.7 Å². The SMILES string of the molecule is [CH2]COc1ccc2c(c1)CN(c1cc(C(=O)NC3CC3)ccc1C)CC2=O. The van der Waals surface area contributed by atoms with Crippen LogP contribution >= 0.6 is 0 Å². The Morgan fingerprint density at radius 3 is 2.78 bits per heavy atom. The summed E-state index contributed by atoms with van der Waals surface area (Å²) < 4.78 is 5.47. The van der Waals surface area contributed by atoms with Gasteiger partial charge in [-0.2, -0.15) is 0 Å². The quantitative estimate of drug-likeness (QED) is 0.885. The molecule has 139 valence electrons. The van der Waals surface area contributed by atoms with Crippen LogP contribution in [0.4, 0.5) is 5.69 Å². The molecule has 2 aromatic carbocycles. The molecule has 1 N–H and O–H groups in total. The van der Waals surface area contributed by atoms with E-state index >= 15 is 0 Å². The molecule has 5 nitrogen and oxygen atoms in total. The van der Waals surface area contributed by atoms with Gasteiger partial charge in [-0.05, 0) is 68.1 Å². The first kappa shape index (κ1) is 17.6. The van der Waals surface area contributed by atoms with E-state index in [1.54, 1.807) is 0 Å². The van der Waals surface area contributed by atoms with Crippen LogP contribution in [0, 0.1) is 13.8 Å². The van der Waals surface area contributed by atoms with Crippen molar-refractivity contribution in [2.24, 2.45) is 0 Å². The van der Waals surface area contributed by atoms with Crippen molar-refractivity contribution in [3.05, 3.63) is 65.6 Å². The van der Waals surface area contributed by atoms with E-state index in [1.807, 2.05) is 48.2 Å². The smallest absolute Gasteiger partial charge is 0.251 e. The molecule has 2 aliphatic rings. The third-order valence-corrected chi connectivity index (χ3v) is 5.07. The third-order valence-electron chi connectivity index (χ3n) is 5.07. The van der Waals surface area contributed by atoms with Gasteiger partial charge >= 0.3 is 0 Å². The average Bonchev–Trinajstić information content (AvgIpc) is 3.46. The second kappa shape index (κ2) is 7.06. The summed E-state index contributed by atoms with van der Waals surface area (Å²) in [4.78, 5) is 27.1. The number of fused-ring (bicyclic) bond motifs is 1. The number of Topliss-reactive ketones (excluding diaryl/α,β-unsaturated/α-hetero) is 1. The van der Waals surface area contributed by atoms with Gasteiger partial charge < -0.3 is 15.0 Å². The van der Waals surface area contributed by atoms with Crippen LogP contribution in [0.3, 0.4) is 0 Å². The van der Waals surface area contributed by atoms with E-state index in [1.165, 1.54) is 0 Å². The number of nitrogens with one attached hydrogen (secondary N) is 1. The van der Waals surface area contributed by atoms with Gasteiger partial charge in [-0.25, -0.2) is 0 Å². The monoisotopic (exact) mass is 363 g/mol. The van der Waals surface area contributed by atoms with Gasteiger partial charge in [0, 0.05) is 29.4 Å².